The number of nitrogens with zero attached hydrogens (tertiary/aromatic N) is 2. The molecule has 1 aliphatic rings. The minimum absolute atomic E-state index is 0.189. The molecule has 9 heteroatoms. The summed E-state index contributed by atoms with van der Waals surface area (Å²) in [5, 5.41) is 7.56. The molecule has 2 aromatic carbocycles. The number of nitrogens with one attached hydrogen (secondary N) is 3. The third kappa shape index (κ3) is 4.49. The number of morpholine rings is 1. The van der Waals surface area contributed by atoms with Crippen molar-refractivity contribution in [2.45, 2.75) is 6.54 Å². The normalized spacial score (nSPS) is 14.5. The Kier molecular flexibility index (Phi) is 5.65. The molecule has 1 saturated heterocycles. The molecule has 0 atom stereocenters. The Morgan fingerprint density at radius 2 is 1.86 bits per heavy atom. The fourth-order valence-electron chi connectivity index (χ4n) is 4.32. The van der Waals surface area contributed by atoms with Crippen molar-refractivity contribution in [2.75, 3.05) is 31.6 Å². The minimum atomic E-state index is -0.252. The summed E-state index contributed by atoms with van der Waals surface area (Å²) in [4.78, 5) is 38.4. The number of ether oxygens (including phenoxy) is 1. The maximum atomic E-state index is 12.9. The second kappa shape index (κ2) is 9.10. The summed E-state index contributed by atoms with van der Waals surface area (Å²) >= 11 is 1.49. The number of aromatic nitrogens is 3. The number of rotatable bonds is 5. The molecule has 1 aliphatic heterocycles. The average molecular weight is 486 g/mol. The summed E-state index contributed by atoms with van der Waals surface area (Å²) in [7, 11) is 0. The predicted octanol–water partition coefficient (Wildman–Crippen LogP) is 4.22. The second-order valence-corrected chi connectivity index (χ2v) is 9.35. The Morgan fingerprint density at radius 1 is 1.03 bits per heavy atom. The van der Waals surface area contributed by atoms with Crippen molar-refractivity contribution in [3.8, 4) is 11.4 Å². The summed E-state index contributed by atoms with van der Waals surface area (Å²) in [6.07, 6.45) is 0. The van der Waals surface area contributed by atoms with Crippen LogP contribution in [0.1, 0.15) is 15.9 Å². The number of carbonyl (C=O) groups is 1. The van der Waals surface area contributed by atoms with Gasteiger partial charge in [0.1, 0.15) is 0 Å². The van der Waals surface area contributed by atoms with E-state index in [4.69, 9.17) is 4.74 Å². The first-order chi connectivity index (χ1) is 17.1. The van der Waals surface area contributed by atoms with Gasteiger partial charge < -0.3 is 20.0 Å². The van der Waals surface area contributed by atoms with E-state index in [9.17, 15) is 9.59 Å². The first kappa shape index (κ1) is 21.7. The number of H-pyrrole nitrogens is 2. The van der Waals surface area contributed by atoms with E-state index in [-0.39, 0.29) is 11.5 Å². The number of hydrogen-bond donors (Lipinski definition) is 3. The number of anilines is 1. The first-order valence-electron chi connectivity index (χ1n) is 11.4. The van der Waals surface area contributed by atoms with E-state index >= 15 is 0 Å². The number of fused-ring (bicyclic) bond motifs is 2. The van der Waals surface area contributed by atoms with Gasteiger partial charge in [-0.05, 0) is 42.0 Å². The Balaban J connectivity index is 1.19. The number of benzene rings is 2. The van der Waals surface area contributed by atoms with Crippen molar-refractivity contribution in [3.63, 3.8) is 0 Å². The lowest BCUT2D eigenvalue weighted by atomic mass is 10.1. The Hall–Kier alpha value is -3.79. The smallest absolute Gasteiger partial charge is 0.276 e. The number of hydrogen-bond acceptors (Lipinski definition) is 6. The van der Waals surface area contributed by atoms with Crippen molar-refractivity contribution >= 4 is 44.9 Å². The van der Waals surface area contributed by atoms with Crippen molar-refractivity contribution < 1.29 is 9.53 Å². The lowest BCUT2D eigenvalue weighted by Crippen LogP contribution is -2.35. The predicted molar refractivity (Wildman–Crippen MR) is 138 cm³/mol. The van der Waals surface area contributed by atoms with Crippen molar-refractivity contribution in [3.05, 3.63) is 80.8 Å². The Labute approximate surface area is 204 Å². The van der Waals surface area contributed by atoms with Gasteiger partial charge in [-0.3, -0.25) is 14.5 Å². The molecule has 0 saturated carbocycles. The maximum Gasteiger partial charge on any atom is 0.276 e. The van der Waals surface area contributed by atoms with Gasteiger partial charge in [0.25, 0.3) is 11.5 Å². The van der Waals surface area contributed by atoms with Crippen LogP contribution in [-0.4, -0.2) is 52.1 Å². The molecule has 0 unspecified atom stereocenters. The highest BCUT2D eigenvalue weighted by Crippen LogP contribution is 2.24. The summed E-state index contributed by atoms with van der Waals surface area (Å²) in [6, 6.07) is 15.2. The highest BCUT2D eigenvalue weighted by Gasteiger charge is 2.14. The van der Waals surface area contributed by atoms with Crippen LogP contribution in [0.15, 0.2) is 64.1 Å². The fourth-order valence-corrected chi connectivity index (χ4v) is 5.01. The van der Waals surface area contributed by atoms with E-state index in [0.717, 1.165) is 60.5 Å². The molecule has 0 bridgehead atoms. The third-order valence-electron chi connectivity index (χ3n) is 6.20. The Bertz CT molecular complexity index is 1580. The summed E-state index contributed by atoms with van der Waals surface area (Å²) in [5.74, 6) is -0.189. The molecule has 0 spiro atoms. The molecule has 8 nitrogen and oxygen atoms in total. The van der Waals surface area contributed by atoms with Gasteiger partial charge in [-0.15, -0.1) is 11.3 Å². The quantitative estimate of drug-likeness (QED) is 0.346. The van der Waals surface area contributed by atoms with E-state index in [1.165, 1.54) is 16.9 Å². The molecule has 3 aromatic heterocycles. The lowest BCUT2D eigenvalue weighted by Gasteiger charge is -2.26. The largest absolute Gasteiger partial charge is 0.379 e. The minimum Gasteiger partial charge on any atom is -0.379 e. The van der Waals surface area contributed by atoms with Crippen LogP contribution < -0.4 is 10.9 Å². The van der Waals surface area contributed by atoms with Gasteiger partial charge in [-0.1, -0.05) is 12.1 Å². The van der Waals surface area contributed by atoms with Gasteiger partial charge in [0.2, 0.25) is 0 Å². The monoisotopic (exact) mass is 485 g/mol. The van der Waals surface area contributed by atoms with Gasteiger partial charge in [0, 0.05) is 52.5 Å². The van der Waals surface area contributed by atoms with Crippen molar-refractivity contribution in [1.82, 2.24) is 19.9 Å². The van der Waals surface area contributed by atoms with Gasteiger partial charge in [-0.2, -0.15) is 0 Å². The standard InChI is InChI=1S/C26H23N5O3S/c32-25(27-19-4-1-16(2-5-19)13-31-7-9-34-10-8-31)17-3-6-20-18(11-17)12-21(28-20)24-26(33)30-23-15-35-14-22(23)29-24/h1-6,11-12,14-15,28H,7-10,13H2,(H,27,32)(H,30,33). The van der Waals surface area contributed by atoms with E-state index in [0.29, 0.717) is 17.0 Å². The zero-order valence-electron chi connectivity index (χ0n) is 18.8. The summed E-state index contributed by atoms with van der Waals surface area (Å²) < 4.78 is 5.40. The van der Waals surface area contributed by atoms with Crippen LogP contribution in [0.2, 0.25) is 0 Å². The van der Waals surface area contributed by atoms with Crippen LogP contribution in [0.5, 0.6) is 0 Å². The number of amides is 1. The topological polar surface area (TPSA) is 103 Å². The van der Waals surface area contributed by atoms with Gasteiger partial charge in [-0.25, -0.2) is 4.98 Å². The first-order valence-corrected chi connectivity index (χ1v) is 12.4. The molecular weight excluding hydrogens is 462 g/mol. The second-order valence-electron chi connectivity index (χ2n) is 8.61. The molecule has 4 heterocycles. The molecule has 5 aromatic rings. The Morgan fingerprint density at radius 3 is 2.69 bits per heavy atom. The highest BCUT2D eigenvalue weighted by molar-refractivity contribution is 7.09. The maximum absolute atomic E-state index is 12.9. The average Bonchev–Trinajstić information content (AvgIpc) is 3.51. The van der Waals surface area contributed by atoms with Crippen LogP contribution >= 0.6 is 11.3 Å². The number of carbonyl (C=O) groups excluding carboxylic acids is 1. The van der Waals surface area contributed by atoms with Gasteiger partial charge in [0.05, 0.1) is 29.9 Å². The molecule has 1 amide bonds. The van der Waals surface area contributed by atoms with Gasteiger partial charge >= 0.3 is 0 Å². The molecular formula is C26H23N5O3S. The lowest BCUT2D eigenvalue weighted by molar-refractivity contribution is 0.0342. The molecule has 176 valence electrons. The van der Waals surface area contributed by atoms with Crippen molar-refractivity contribution in [1.29, 1.82) is 0 Å². The van der Waals surface area contributed by atoms with Crippen LogP contribution in [0.25, 0.3) is 33.3 Å². The van der Waals surface area contributed by atoms with Crippen LogP contribution in [0.3, 0.4) is 0 Å². The van der Waals surface area contributed by atoms with E-state index < -0.39 is 0 Å². The van der Waals surface area contributed by atoms with Crippen molar-refractivity contribution in [2.24, 2.45) is 0 Å². The molecule has 6 rings (SSSR count). The zero-order valence-corrected chi connectivity index (χ0v) is 19.7. The molecule has 0 aliphatic carbocycles. The zero-order chi connectivity index (χ0) is 23.8. The summed E-state index contributed by atoms with van der Waals surface area (Å²) in [5.41, 5.74) is 5.49. The summed E-state index contributed by atoms with van der Waals surface area (Å²) in [6.45, 7) is 4.31. The molecule has 1 fully saturated rings. The van der Waals surface area contributed by atoms with Crippen LogP contribution in [0, 0.1) is 0 Å². The SMILES string of the molecule is O=C(Nc1ccc(CN2CCOCC2)cc1)c1ccc2[nH]c(-c3nc4cscc4[nH]c3=O)cc2c1. The highest BCUT2D eigenvalue weighted by atomic mass is 32.1. The van der Waals surface area contributed by atoms with Crippen LogP contribution in [-0.2, 0) is 11.3 Å². The molecule has 35 heavy (non-hydrogen) atoms. The third-order valence-corrected chi connectivity index (χ3v) is 6.93. The molecule has 0 radical (unpaired) electrons. The number of thiophene rings is 1. The number of aromatic amines is 2. The van der Waals surface area contributed by atoms with E-state index in [1.807, 2.05) is 53.2 Å². The fraction of sp³-hybridized carbons (Fsp3) is 0.192. The van der Waals surface area contributed by atoms with E-state index in [1.54, 1.807) is 6.07 Å². The van der Waals surface area contributed by atoms with E-state index in [2.05, 4.69) is 25.2 Å². The van der Waals surface area contributed by atoms with Gasteiger partial charge in [0.15, 0.2) is 5.69 Å². The van der Waals surface area contributed by atoms with Crippen LogP contribution in [0.4, 0.5) is 5.69 Å². The molecule has 3 N–H and O–H groups in total.